The van der Waals surface area contributed by atoms with Gasteiger partial charge in [0.25, 0.3) is 0 Å². The van der Waals surface area contributed by atoms with E-state index in [4.69, 9.17) is 0 Å². The van der Waals surface area contributed by atoms with E-state index in [1.165, 1.54) is 83.5 Å². The average Bonchev–Trinajstić information content (AvgIpc) is 3.09. The van der Waals surface area contributed by atoms with Gasteiger partial charge in [0, 0.05) is 39.3 Å². The van der Waals surface area contributed by atoms with Crippen LogP contribution in [-0.4, -0.2) is 6.98 Å². The molecule has 2 nitrogen and oxygen atoms in total. The van der Waals surface area contributed by atoms with Crippen LogP contribution in [0, 0.1) is 0 Å². The Balaban J connectivity index is 1.33. The van der Waals surface area contributed by atoms with Gasteiger partial charge in [0.1, 0.15) is 0 Å². The van der Waals surface area contributed by atoms with E-state index in [1.807, 2.05) is 0 Å². The number of hydrogen-bond donors (Lipinski definition) is 0. The zero-order valence-electron chi connectivity index (χ0n) is 23.4. The van der Waals surface area contributed by atoms with Crippen LogP contribution < -0.4 is 15.1 Å². The lowest BCUT2D eigenvalue weighted by molar-refractivity contribution is 1.25. The van der Waals surface area contributed by atoms with Crippen LogP contribution in [0.4, 0.5) is 22.7 Å². The van der Waals surface area contributed by atoms with Crippen LogP contribution in [0.2, 0.25) is 0 Å². The predicted octanol–water partition coefficient (Wildman–Crippen LogP) is 9.82. The molecular weight excluding hydrogens is 519 g/mol. The van der Waals surface area contributed by atoms with E-state index >= 15 is 0 Å². The third-order valence-corrected chi connectivity index (χ3v) is 9.54. The quantitative estimate of drug-likeness (QED) is 0.200. The van der Waals surface area contributed by atoms with Crippen molar-refractivity contribution in [1.29, 1.82) is 0 Å². The predicted molar refractivity (Wildman–Crippen MR) is 182 cm³/mol. The van der Waals surface area contributed by atoms with E-state index in [0.717, 1.165) is 0 Å². The highest BCUT2D eigenvalue weighted by atomic mass is 15.3. The van der Waals surface area contributed by atoms with Crippen LogP contribution in [0.15, 0.2) is 152 Å². The molecule has 0 radical (unpaired) electrons. The normalized spacial score (nSPS) is 13.4. The average molecular weight is 544 g/mol. The van der Waals surface area contributed by atoms with Gasteiger partial charge in [-0.1, -0.05) is 115 Å². The van der Waals surface area contributed by atoms with Crippen molar-refractivity contribution in [1.82, 2.24) is 0 Å². The Morgan fingerprint density at radius 3 is 1.35 bits per heavy atom. The molecule has 3 heterocycles. The van der Waals surface area contributed by atoms with Crippen LogP contribution in [0.3, 0.4) is 0 Å². The van der Waals surface area contributed by atoms with E-state index in [2.05, 4.69) is 161 Å². The van der Waals surface area contributed by atoms with Crippen molar-refractivity contribution in [3.05, 3.63) is 152 Å². The second-order valence-corrected chi connectivity index (χ2v) is 11.7. The van der Waals surface area contributed by atoms with Gasteiger partial charge in [-0.15, -0.1) is 0 Å². The number of rotatable bonds is 2. The molecule has 0 fully saturated rings. The van der Waals surface area contributed by atoms with Gasteiger partial charge in [-0.05, 0) is 80.6 Å². The van der Waals surface area contributed by atoms with Crippen molar-refractivity contribution in [3.63, 3.8) is 0 Å². The fourth-order valence-corrected chi connectivity index (χ4v) is 7.72. The molecule has 7 aromatic carbocycles. The Morgan fingerprint density at radius 1 is 0.349 bits per heavy atom. The smallest absolute Gasteiger partial charge is 0.360 e. The van der Waals surface area contributed by atoms with Gasteiger partial charge in [0.15, 0.2) is 0 Å². The number of benzene rings is 7. The highest BCUT2D eigenvalue weighted by Gasteiger charge is 2.49. The molecule has 0 unspecified atom stereocenters. The Kier molecular flexibility index (Phi) is 4.56. The lowest BCUT2D eigenvalue weighted by Gasteiger charge is -2.51. The largest absolute Gasteiger partial charge is 0.421 e. The van der Waals surface area contributed by atoms with Crippen LogP contribution in [0.1, 0.15) is 0 Å². The molecule has 3 heteroatoms. The highest BCUT2D eigenvalue weighted by molar-refractivity contribution is 6.87. The molecule has 0 aliphatic carbocycles. The van der Waals surface area contributed by atoms with E-state index in [-0.39, 0.29) is 6.98 Å². The minimum atomic E-state index is 0.0249. The van der Waals surface area contributed by atoms with Gasteiger partial charge in [-0.25, -0.2) is 0 Å². The Bertz CT molecular complexity index is 2110. The fourth-order valence-electron chi connectivity index (χ4n) is 7.72. The van der Waals surface area contributed by atoms with Gasteiger partial charge in [0.2, 0.25) is 0 Å². The molecule has 0 saturated heterocycles. The first-order valence-electron chi connectivity index (χ1n) is 15.0. The molecular formula is C40H25BN2. The van der Waals surface area contributed by atoms with E-state index in [9.17, 15) is 0 Å². The summed E-state index contributed by atoms with van der Waals surface area (Å²) in [6.07, 6.45) is 0. The van der Waals surface area contributed by atoms with Crippen molar-refractivity contribution < 1.29 is 0 Å². The minimum Gasteiger partial charge on any atom is -0.360 e. The number of hydrogen-bond acceptors (Lipinski definition) is 2. The van der Waals surface area contributed by atoms with Crippen molar-refractivity contribution in [2.24, 2.45) is 0 Å². The Labute approximate surface area is 251 Å². The summed E-state index contributed by atoms with van der Waals surface area (Å²) in [6, 6.07) is 55.9. The lowest BCUT2D eigenvalue weighted by atomic mass is 9.52. The van der Waals surface area contributed by atoms with E-state index in [0.29, 0.717) is 0 Å². The SMILES string of the molecule is c1ccc(-c2ccc3c(c2)-c2cccc4c2B2N3c3cccc5cccc(c35)N2c2ccc(-c3ccccc3)cc2-4)cc1. The third kappa shape index (κ3) is 3.09. The summed E-state index contributed by atoms with van der Waals surface area (Å²) in [5.74, 6) is 0. The number of fused-ring (bicyclic) bond motifs is 8. The second kappa shape index (κ2) is 8.50. The Hall–Kier alpha value is -5.54. The molecule has 7 aromatic rings. The van der Waals surface area contributed by atoms with Crippen molar-refractivity contribution >= 4 is 46.0 Å². The molecule has 3 aliphatic rings. The summed E-state index contributed by atoms with van der Waals surface area (Å²) in [6.45, 7) is 0.0249. The molecule has 10 rings (SSSR count). The molecule has 0 saturated carbocycles. The summed E-state index contributed by atoms with van der Waals surface area (Å²) in [4.78, 5) is 5.19. The molecule has 198 valence electrons. The fraction of sp³-hybridized carbons (Fsp3) is 0. The monoisotopic (exact) mass is 544 g/mol. The van der Waals surface area contributed by atoms with Crippen LogP contribution in [0.25, 0.3) is 55.3 Å². The van der Waals surface area contributed by atoms with Crippen LogP contribution >= 0.6 is 0 Å². The maximum absolute atomic E-state index is 2.60. The summed E-state index contributed by atoms with van der Waals surface area (Å²) in [5, 5.41) is 2.57. The molecule has 0 N–H and O–H groups in total. The van der Waals surface area contributed by atoms with Gasteiger partial charge >= 0.3 is 6.98 Å². The molecule has 0 amide bonds. The van der Waals surface area contributed by atoms with Gasteiger partial charge in [-0.2, -0.15) is 0 Å². The topological polar surface area (TPSA) is 6.48 Å². The molecule has 0 atom stereocenters. The van der Waals surface area contributed by atoms with Gasteiger partial charge < -0.3 is 9.62 Å². The second-order valence-electron chi connectivity index (χ2n) is 11.7. The summed E-state index contributed by atoms with van der Waals surface area (Å²) in [5.41, 5.74) is 16.6. The molecule has 3 aliphatic heterocycles. The van der Waals surface area contributed by atoms with Crippen LogP contribution in [0.5, 0.6) is 0 Å². The van der Waals surface area contributed by atoms with Crippen molar-refractivity contribution in [2.75, 3.05) is 9.62 Å². The summed E-state index contributed by atoms with van der Waals surface area (Å²) >= 11 is 0. The summed E-state index contributed by atoms with van der Waals surface area (Å²) < 4.78 is 0. The zero-order chi connectivity index (χ0) is 28.1. The van der Waals surface area contributed by atoms with Crippen LogP contribution in [-0.2, 0) is 0 Å². The zero-order valence-corrected chi connectivity index (χ0v) is 23.4. The van der Waals surface area contributed by atoms with Gasteiger partial charge in [-0.3, -0.25) is 0 Å². The highest BCUT2D eigenvalue weighted by Crippen LogP contribution is 2.55. The maximum atomic E-state index is 2.60. The minimum absolute atomic E-state index is 0.0249. The number of nitrogens with zero attached hydrogens (tertiary/aromatic N) is 2. The number of anilines is 4. The molecule has 0 aromatic heterocycles. The first-order valence-corrected chi connectivity index (χ1v) is 15.0. The standard InChI is InChI=1S/C40H25BN2/c1-3-10-26(11-4-1)29-20-22-35-33(24-29)31-16-9-17-32-34-25-30(27-12-5-2-6-13-27)21-23-36(34)43-38-19-8-15-28-14-7-18-37(39(28)38)42(35)41(43)40(31)32/h1-25H. The van der Waals surface area contributed by atoms with Crippen molar-refractivity contribution in [3.8, 4) is 44.5 Å². The molecule has 43 heavy (non-hydrogen) atoms. The lowest BCUT2D eigenvalue weighted by Crippen LogP contribution is -2.63. The Morgan fingerprint density at radius 2 is 0.837 bits per heavy atom. The van der Waals surface area contributed by atoms with Crippen molar-refractivity contribution in [2.45, 2.75) is 0 Å². The first-order chi connectivity index (χ1) is 21.3. The summed E-state index contributed by atoms with van der Waals surface area (Å²) in [7, 11) is 0. The first kappa shape index (κ1) is 23.1. The van der Waals surface area contributed by atoms with E-state index < -0.39 is 0 Å². The van der Waals surface area contributed by atoms with E-state index in [1.54, 1.807) is 0 Å². The maximum Gasteiger partial charge on any atom is 0.421 e. The third-order valence-electron chi connectivity index (χ3n) is 9.54. The molecule has 0 bridgehead atoms. The molecule has 0 spiro atoms. The van der Waals surface area contributed by atoms with Gasteiger partial charge in [0.05, 0.1) is 0 Å².